The molecule has 0 radical (unpaired) electrons. The molecule has 0 bridgehead atoms. The van der Waals surface area contributed by atoms with Crippen molar-refractivity contribution in [1.29, 1.82) is 0 Å². The minimum absolute atomic E-state index is 0.138. The van der Waals surface area contributed by atoms with Crippen molar-refractivity contribution < 1.29 is 9.47 Å². The van der Waals surface area contributed by atoms with Gasteiger partial charge in [0.15, 0.2) is 0 Å². The second kappa shape index (κ2) is 5.64. The van der Waals surface area contributed by atoms with Crippen LogP contribution in [0.15, 0.2) is 10.7 Å². The van der Waals surface area contributed by atoms with Crippen molar-refractivity contribution in [3.8, 4) is 5.88 Å². The fourth-order valence-electron chi connectivity index (χ4n) is 2.03. The lowest BCUT2D eigenvalue weighted by Gasteiger charge is -2.28. The van der Waals surface area contributed by atoms with Gasteiger partial charge < -0.3 is 15.2 Å². The molecule has 2 rings (SSSR count). The number of ether oxygens (including phenoxy) is 2. The molecule has 1 aromatic heterocycles. The lowest BCUT2D eigenvalue weighted by Crippen LogP contribution is -2.29. The van der Waals surface area contributed by atoms with Gasteiger partial charge in [-0.2, -0.15) is 4.98 Å². The highest BCUT2D eigenvalue weighted by Gasteiger charge is 2.24. The topological polar surface area (TPSA) is 70.3 Å². The minimum atomic E-state index is 0.138. The van der Waals surface area contributed by atoms with Gasteiger partial charge in [-0.3, -0.25) is 0 Å². The molecule has 5 nitrogen and oxygen atoms in total. The summed E-state index contributed by atoms with van der Waals surface area (Å²) in [6.45, 7) is 0. The lowest BCUT2D eigenvalue weighted by molar-refractivity contribution is 0.0192. The molecule has 0 aromatic carbocycles. The predicted molar refractivity (Wildman–Crippen MR) is 67.8 cm³/mol. The van der Waals surface area contributed by atoms with Crippen LogP contribution in [0.5, 0.6) is 5.88 Å². The number of nitrogens with zero attached hydrogens (tertiary/aromatic N) is 2. The van der Waals surface area contributed by atoms with E-state index in [4.69, 9.17) is 15.2 Å². The maximum atomic E-state index is 5.84. The van der Waals surface area contributed by atoms with E-state index in [1.165, 1.54) is 0 Å². The zero-order valence-electron chi connectivity index (χ0n) is 9.73. The monoisotopic (exact) mass is 301 g/mol. The van der Waals surface area contributed by atoms with Crippen LogP contribution in [0.3, 0.4) is 0 Å². The standard InChI is InChI=1S/C11H16BrN3O2/c1-16-7-3-2-4-8(5-7)17-10-9(12)6-14-11(13)15-10/h6-8H,2-5H2,1H3,(H2,13,14,15). The molecule has 1 saturated carbocycles. The van der Waals surface area contributed by atoms with Crippen LogP contribution >= 0.6 is 15.9 Å². The molecular formula is C11H16BrN3O2. The van der Waals surface area contributed by atoms with E-state index in [1.807, 2.05) is 0 Å². The maximum Gasteiger partial charge on any atom is 0.233 e. The zero-order valence-corrected chi connectivity index (χ0v) is 11.3. The van der Waals surface area contributed by atoms with Gasteiger partial charge in [-0.25, -0.2) is 4.98 Å². The largest absolute Gasteiger partial charge is 0.473 e. The number of rotatable bonds is 3. The number of nitrogens with two attached hydrogens (primary N) is 1. The first-order valence-corrected chi connectivity index (χ1v) is 6.46. The molecule has 0 spiro atoms. The van der Waals surface area contributed by atoms with E-state index in [0.29, 0.717) is 5.88 Å². The highest BCUT2D eigenvalue weighted by Crippen LogP contribution is 2.28. The maximum absolute atomic E-state index is 5.84. The SMILES string of the molecule is COC1CCCC(Oc2nc(N)ncc2Br)C1. The Morgan fingerprint density at radius 3 is 2.94 bits per heavy atom. The third-order valence-corrected chi connectivity index (χ3v) is 3.46. The van der Waals surface area contributed by atoms with Crippen molar-refractivity contribution in [3.63, 3.8) is 0 Å². The molecule has 2 unspecified atom stereocenters. The number of nitrogen functional groups attached to an aromatic ring is 1. The van der Waals surface area contributed by atoms with Gasteiger partial charge in [-0.05, 0) is 35.2 Å². The van der Waals surface area contributed by atoms with Crippen molar-refractivity contribution in [3.05, 3.63) is 10.7 Å². The van der Waals surface area contributed by atoms with Crippen molar-refractivity contribution in [2.75, 3.05) is 12.8 Å². The molecule has 2 atom stereocenters. The van der Waals surface area contributed by atoms with Crippen molar-refractivity contribution in [1.82, 2.24) is 9.97 Å². The van der Waals surface area contributed by atoms with E-state index in [1.54, 1.807) is 13.3 Å². The highest BCUT2D eigenvalue weighted by atomic mass is 79.9. The van der Waals surface area contributed by atoms with E-state index in [2.05, 4.69) is 25.9 Å². The van der Waals surface area contributed by atoms with Gasteiger partial charge in [0.1, 0.15) is 6.10 Å². The Bertz CT molecular complexity index is 389. The number of anilines is 1. The quantitative estimate of drug-likeness (QED) is 0.926. The Labute approximate surface area is 109 Å². The van der Waals surface area contributed by atoms with Gasteiger partial charge in [-0.1, -0.05) is 0 Å². The second-order valence-corrected chi connectivity index (χ2v) is 5.00. The summed E-state index contributed by atoms with van der Waals surface area (Å²) in [7, 11) is 1.74. The Balaban J connectivity index is 2.02. The predicted octanol–water partition coefficient (Wildman–Crippen LogP) is 2.16. The molecule has 0 aliphatic heterocycles. The van der Waals surface area contributed by atoms with Crippen LogP contribution in [0.2, 0.25) is 0 Å². The minimum Gasteiger partial charge on any atom is -0.473 e. The third-order valence-electron chi connectivity index (χ3n) is 2.92. The molecule has 94 valence electrons. The van der Waals surface area contributed by atoms with Gasteiger partial charge in [0.25, 0.3) is 0 Å². The molecule has 2 N–H and O–H groups in total. The van der Waals surface area contributed by atoms with E-state index >= 15 is 0 Å². The van der Waals surface area contributed by atoms with Crippen LogP contribution in [0, 0.1) is 0 Å². The van der Waals surface area contributed by atoms with Gasteiger partial charge in [-0.15, -0.1) is 0 Å². The Morgan fingerprint density at radius 1 is 1.41 bits per heavy atom. The number of hydrogen-bond donors (Lipinski definition) is 1. The first kappa shape index (κ1) is 12.6. The van der Waals surface area contributed by atoms with Crippen molar-refractivity contribution in [2.24, 2.45) is 0 Å². The van der Waals surface area contributed by atoms with Crippen molar-refractivity contribution >= 4 is 21.9 Å². The number of halogens is 1. The average molecular weight is 302 g/mol. The Morgan fingerprint density at radius 2 is 2.18 bits per heavy atom. The van der Waals surface area contributed by atoms with Gasteiger partial charge in [0.05, 0.1) is 16.8 Å². The fourth-order valence-corrected chi connectivity index (χ4v) is 2.31. The fraction of sp³-hybridized carbons (Fsp3) is 0.636. The molecule has 0 amide bonds. The van der Waals surface area contributed by atoms with E-state index in [9.17, 15) is 0 Å². The highest BCUT2D eigenvalue weighted by molar-refractivity contribution is 9.10. The zero-order chi connectivity index (χ0) is 12.3. The first-order valence-electron chi connectivity index (χ1n) is 5.66. The molecule has 6 heteroatoms. The molecule has 1 aliphatic rings. The smallest absolute Gasteiger partial charge is 0.233 e. The van der Waals surface area contributed by atoms with Crippen LogP contribution in [0.1, 0.15) is 25.7 Å². The summed E-state index contributed by atoms with van der Waals surface area (Å²) in [5.74, 6) is 0.738. The lowest BCUT2D eigenvalue weighted by atomic mass is 9.95. The molecule has 1 heterocycles. The number of hydrogen-bond acceptors (Lipinski definition) is 5. The summed E-state index contributed by atoms with van der Waals surface area (Å²) in [4.78, 5) is 7.95. The van der Waals surface area contributed by atoms with Gasteiger partial charge in [0.2, 0.25) is 11.8 Å². The molecule has 0 saturated heterocycles. The summed E-state index contributed by atoms with van der Waals surface area (Å²) < 4.78 is 11.9. The van der Waals surface area contributed by atoms with E-state index in [-0.39, 0.29) is 18.2 Å². The van der Waals surface area contributed by atoms with Crippen molar-refractivity contribution in [2.45, 2.75) is 37.9 Å². The van der Waals surface area contributed by atoms with Crippen LogP contribution in [0.4, 0.5) is 5.95 Å². The van der Waals surface area contributed by atoms with Gasteiger partial charge in [0, 0.05) is 13.5 Å². The Kier molecular flexibility index (Phi) is 4.17. The normalized spacial score (nSPS) is 24.6. The van der Waals surface area contributed by atoms with Crippen LogP contribution in [-0.2, 0) is 4.74 Å². The van der Waals surface area contributed by atoms with Crippen LogP contribution in [0.25, 0.3) is 0 Å². The summed E-state index contributed by atoms with van der Waals surface area (Å²) in [6.07, 6.45) is 6.16. The molecule has 1 aliphatic carbocycles. The van der Waals surface area contributed by atoms with E-state index in [0.717, 1.165) is 30.2 Å². The summed E-state index contributed by atoms with van der Waals surface area (Å²) in [5.41, 5.74) is 5.54. The first-order chi connectivity index (χ1) is 8.19. The van der Waals surface area contributed by atoms with Crippen LogP contribution < -0.4 is 10.5 Å². The average Bonchev–Trinajstić information content (AvgIpc) is 2.34. The molecule has 1 fully saturated rings. The van der Waals surface area contributed by atoms with Crippen LogP contribution in [-0.4, -0.2) is 29.3 Å². The molecule has 1 aromatic rings. The Hall–Kier alpha value is -0.880. The van der Waals surface area contributed by atoms with E-state index < -0.39 is 0 Å². The number of aromatic nitrogens is 2. The molecule has 17 heavy (non-hydrogen) atoms. The van der Waals surface area contributed by atoms with Gasteiger partial charge >= 0.3 is 0 Å². The number of methoxy groups -OCH3 is 1. The second-order valence-electron chi connectivity index (χ2n) is 4.15. The summed E-state index contributed by atoms with van der Waals surface area (Å²) in [6, 6.07) is 0. The summed E-state index contributed by atoms with van der Waals surface area (Å²) in [5, 5.41) is 0. The third kappa shape index (κ3) is 3.29. The molecular weight excluding hydrogens is 286 g/mol. The summed E-state index contributed by atoms with van der Waals surface area (Å²) >= 11 is 3.35.